The molecular formula is C25H30ClN3O2. The molecule has 2 aromatic carbocycles. The highest BCUT2D eigenvalue weighted by atomic mass is 35.5. The molecule has 0 unspecified atom stereocenters. The molecule has 0 saturated heterocycles. The van der Waals surface area contributed by atoms with Crippen molar-refractivity contribution in [2.75, 3.05) is 31.5 Å². The van der Waals surface area contributed by atoms with Gasteiger partial charge in [-0.15, -0.1) is 0 Å². The third-order valence-electron chi connectivity index (χ3n) is 5.33. The Hall–Kier alpha value is -2.63. The van der Waals surface area contributed by atoms with Gasteiger partial charge >= 0.3 is 5.97 Å². The Bertz CT molecular complexity index is 988. The molecule has 0 amide bonds. The molecule has 0 aliphatic carbocycles. The predicted octanol–water partition coefficient (Wildman–Crippen LogP) is 6.03. The van der Waals surface area contributed by atoms with Crippen LogP contribution in [-0.2, 0) is 0 Å². The fraction of sp³-hybridized carbons (Fsp3) is 0.360. The first kappa shape index (κ1) is 23.0. The number of fused-ring (bicyclic) bond motifs is 1. The summed E-state index contributed by atoms with van der Waals surface area (Å²) in [4.78, 5) is 19.5. The molecule has 1 N–H and O–H groups in total. The van der Waals surface area contributed by atoms with E-state index >= 15 is 0 Å². The van der Waals surface area contributed by atoms with Gasteiger partial charge in [0.15, 0.2) is 0 Å². The summed E-state index contributed by atoms with van der Waals surface area (Å²) in [5.41, 5.74) is 2.20. The first-order valence-corrected chi connectivity index (χ1v) is 11.3. The van der Waals surface area contributed by atoms with Crippen molar-refractivity contribution in [1.82, 2.24) is 9.88 Å². The van der Waals surface area contributed by atoms with E-state index in [0.29, 0.717) is 16.3 Å². The fourth-order valence-electron chi connectivity index (χ4n) is 3.51. The van der Waals surface area contributed by atoms with Gasteiger partial charge in [0, 0.05) is 29.2 Å². The Morgan fingerprint density at radius 1 is 1.06 bits per heavy atom. The molecule has 3 rings (SSSR count). The normalized spacial score (nSPS) is 11.1. The van der Waals surface area contributed by atoms with Gasteiger partial charge in [0.05, 0.1) is 16.8 Å². The van der Waals surface area contributed by atoms with Gasteiger partial charge in [-0.3, -0.25) is 4.98 Å². The van der Waals surface area contributed by atoms with Crippen LogP contribution in [0.5, 0.6) is 5.75 Å². The van der Waals surface area contributed by atoms with Crippen LogP contribution < -0.4 is 10.1 Å². The summed E-state index contributed by atoms with van der Waals surface area (Å²) in [6.07, 6.45) is 5.21. The summed E-state index contributed by atoms with van der Waals surface area (Å²) >= 11 is 5.90. The molecule has 5 nitrogen and oxygen atoms in total. The molecule has 0 bridgehead atoms. The number of carbonyl (C=O) groups excluding carboxylic acids is 1. The van der Waals surface area contributed by atoms with Gasteiger partial charge in [-0.05, 0) is 68.9 Å². The van der Waals surface area contributed by atoms with Crippen molar-refractivity contribution in [3.63, 3.8) is 0 Å². The maximum atomic E-state index is 12.5. The number of aromatic nitrogens is 1. The number of rotatable bonds is 11. The largest absolute Gasteiger partial charge is 0.423 e. The minimum absolute atomic E-state index is 0.415. The molecule has 0 radical (unpaired) electrons. The van der Waals surface area contributed by atoms with Crippen LogP contribution in [0.15, 0.2) is 54.7 Å². The van der Waals surface area contributed by atoms with Crippen LogP contribution >= 0.6 is 11.6 Å². The maximum absolute atomic E-state index is 12.5. The van der Waals surface area contributed by atoms with Gasteiger partial charge in [-0.2, -0.15) is 0 Å². The van der Waals surface area contributed by atoms with Crippen molar-refractivity contribution in [2.24, 2.45) is 0 Å². The number of carbonyl (C=O) groups is 1. The zero-order valence-corrected chi connectivity index (χ0v) is 19.0. The first-order chi connectivity index (χ1) is 15.1. The Morgan fingerprint density at radius 2 is 1.84 bits per heavy atom. The number of hydrogen-bond acceptors (Lipinski definition) is 5. The number of ether oxygens (including phenoxy) is 1. The molecule has 0 saturated carbocycles. The van der Waals surface area contributed by atoms with Gasteiger partial charge in [-0.1, -0.05) is 37.9 Å². The van der Waals surface area contributed by atoms with E-state index < -0.39 is 5.97 Å². The Labute approximate surface area is 189 Å². The van der Waals surface area contributed by atoms with Gasteiger partial charge in [0.2, 0.25) is 0 Å². The van der Waals surface area contributed by atoms with E-state index in [1.54, 1.807) is 30.5 Å². The van der Waals surface area contributed by atoms with Crippen LogP contribution in [-0.4, -0.2) is 42.0 Å². The quantitative estimate of drug-likeness (QED) is 0.224. The number of pyridine rings is 1. The average Bonchev–Trinajstić information content (AvgIpc) is 2.79. The lowest BCUT2D eigenvalue weighted by molar-refractivity contribution is 0.0735. The lowest BCUT2D eigenvalue weighted by Gasteiger charge is -2.17. The lowest BCUT2D eigenvalue weighted by Crippen LogP contribution is -2.23. The van der Waals surface area contributed by atoms with Gasteiger partial charge in [0.1, 0.15) is 5.75 Å². The lowest BCUT2D eigenvalue weighted by atomic mass is 10.1. The zero-order valence-electron chi connectivity index (χ0n) is 18.2. The summed E-state index contributed by atoms with van der Waals surface area (Å²) in [6, 6.07) is 14.2. The molecular weight excluding hydrogens is 410 g/mol. The SMILES string of the molecule is CCN(CC)CCCCCNc1cc(OC(=O)c2ccc(Cl)cc2)cc2cccnc12. The van der Waals surface area contributed by atoms with Crippen LogP contribution in [0.1, 0.15) is 43.5 Å². The number of nitrogens with one attached hydrogen (secondary N) is 1. The maximum Gasteiger partial charge on any atom is 0.343 e. The summed E-state index contributed by atoms with van der Waals surface area (Å²) in [5.74, 6) is 0.0757. The van der Waals surface area contributed by atoms with Gasteiger partial charge in [0.25, 0.3) is 0 Å². The van der Waals surface area contributed by atoms with Gasteiger partial charge < -0.3 is 15.0 Å². The third kappa shape index (κ3) is 6.68. The van der Waals surface area contributed by atoms with Gasteiger partial charge in [-0.25, -0.2) is 4.79 Å². The number of hydrogen-bond donors (Lipinski definition) is 1. The molecule has 164 valence electrons. The Kier molecular flexibility index (Phi) is 8.68. The Morgan fingerprint density at radius 3 is 2.58 bits per heavy atom. The van der Waals surface area contributed by atoms with E-state index in [9.17, 15) is 4.79 Å². The molecule has 0 aliphatic rings. The second kappa shape index (κ2) is 11.7. The molecule has 31 heavy (non-hydrogen) atoms. The third-order valence-corrected chi connectivity index (χ3v) is 5.58. The van der Waals surface area contributed by atoms with E-state index in [1.807, 2.05) is 24.3 Å². The van der Waals surface area contributed by atoms with Crippen LogP contribution in [0.2, 0.25) is 5.02 Å². The first-order valence-electron chi connectivity index (χ1n) is 10.9. The summed E-state index contributed by atoms with van der Waals surface area (Å²) < 4.78 is 5.63. The summed E-state index contributed by atoms with van der Waals surface area (Å²) in [6.45, 7) is 8.61. The molecule has 1 heterocycles. The predicted molar refractivity (Wildman–Crippen MR) is 128 cm³/mol. The topological polar surface area (TPSA) is 54.5 Å². The summed E-state index contributed by atoms with van der Waals surface area (Å²) in [5, 5.41) is 4.98. The molecule has 6 heteroatoms. The number of unbranched alkanes of at least 4 members (excludes halogenated alkanes) is 2. The standard InChI is InChI=1S/C25H30ClN3O2/c1-3-29(4-2)16-7-5-6-14-27-23-18-22(17-20-9-8-15-28-24(20)23)31-25(30)19-10-12-21(26)13-11-19/h8-13,15,17-18,27H,3-7,14,16H2,1-2H3. The highest BCUT2D eigenvalue weighted by molar-refractivity contribution is 6.30. The number of halogens is 1. The molecule has 0 atom stereocenters. The molecule has 0 aliphatic heterocycles. The van der Waals surface area contributed by atoms with Crippen molar-refractivity contribution in [3.8, 4) is 5.75 Å². The Balaban J connectivity index is 1.63. The van der Waals surface area contributed by atoms with E-state index in [-0.39, 0.29) is 0 Å². The highest BCUT2D eigenvalue weighted by Gasteiger charge is 2.12. The van der Waals surface area contributed by atoms with Crippen molar-refractivity contribution in [1.29, 1.82) is 0 Å². The molecule has 1 aromatic heterocycles. The van der Waals surface area contributed by atoms with E-state index in [4.69, 9.17) is 16.3 Å². The van der Waals surface area contributed by atoms with Crippen molar-refractivity contribution in [3.05, 3.63) is 65.3 Å². The van der Waals surface area contributed by atoms with E-state index in [2.05, 4.69) is 29.0 Å². The van der Waals surface area contributed by atoms with Crippen molar-refractivity contribution >= 4 is 34.2 Å². The second-order valence-corrected chi connectivity index (χ2v) is 7.89. The average molecular weight is 440 g/mol. The number of benzene rings is 2. The molecule has 0 spiro atoms. The highest BCUT2D eigenvalue weighted by Crippen LogP contribution is 2.28. The zero-order chi connectivity index (χ0) is 22.1. The van der Waals surface area contributed by atoms with Crippen LogP contribution in [0.25, 0.3) is 10.9 Å². The number of anilines is 1. The number of nitrogens with zero attached hydrogens (tertiary/aromatic N) is 2. The minimum atomic E-state index is -0.415. The number of esters is 1. The monoisotopic (exact) mass is 439 g/mol. The van der Waals surface area contributed by atoms with E-state index in [0.717, 1.165) is 49.2 Å². The fourth-order valence-corrected chi connectivity index (χ4v) is 3.64. The van der Waals surface area contributed by atoms with E-state index in [1.165, 1.54) is 12.8 Å². The van der Waals surface area contributed by atoms with Crippen LogP contribution in [0.3, 0.4) is 0 Å². The second-order valence-electron chi connectivity index (χ2n) is 7.46. The smallest absolute Gasteiger partial charge is 0.343 e. The van der Waals surface area contributed by atoms with Crippen molar-refractivity contribution in [2.45, 2.75) is 33.1 Å². The molecule has 3 aromatic rings. The summed E-state index contributed by atoms with van der Waals surface area (Å²) in [7, 11) is 0. The minimum Gasteiger partial charge on any atom is -0.423 e. The van der Waals surface area contributed by atoms with Crippen LogP contribution in [0, 0.1) is 0 Å². The van der Waals surface area contributed by atoms with Crippen LogP contribution in [0.4, 0.5) is 5.69 Å². The molecule has 0 fully saturated rings. The van der Waals surface area contributed by atoms with Crippen molar-refractivity contribution < 1.29 is 9.53 Å².